The Kier molecular flexibility index (Phi) is 5.90. The average Bonchev–Trinajstić information content (AvgIpc) is 2.49. The highest BCUT2D eigenvalue weighted by atomic mass is 35.5. The number of rotatable bonds is 7. The molecule has 0 unspecified atom stereocenters. The van der Waals surface area contributed by atoms with Gasteiger partial charge in [-0.15, -0.1) is 0 Å². The van der Waals surface area contributed by atoms with Gasteiger partial charge < -0.3 is 15.0 Å². The number of nitrogens with one attached hydrogen (secondary N) is 1. The fourth-order valence-corrected chi connectivity index (χ4v) is 2.25. The Balaban J connectivity index is 1.76. The molecule has 21 heavy (non-hydrogen) atoms. The number of methoxy groups -OCH3 is 1. The van der Waals surface area contributed by atoms with Crippen LogP contribution in [0.4, 0.5) is 5.69 Å². The first-order chi connectivity index (χ1) is 10.2. The van der Waals surface area contributed by atoms with Crippen molar-refractivity contribution in [3.8, 4) is 5.75 Å². The van der Waals surface area contributed by atoms with E-state index in [4.69, 9.17) is 16.3 Å². The molecule has 1 N–H and O–H groups in total. The summed E-state index contributed by atoms with van der Waals surface area (Å²) in [5.74, 6) is 0.903. The lowest BCUT2D eigenvalue weighted by Crippen LogP contribution is -2.24. The van der Waals surface area contributed by atoms with Gasteiger partial charge in [-0.1, -0.05) is 23.7 Å². The van der Waals surface area contributed by atoms with Crippen molar-refractivity contribution in [1.29, 1.82) is 0 Å². The summed E-state index contributed by atoms with van der Waals surface area (Å²) in [6, 6.07) is 15.9. The molecule has 2 aromatic rings. The number of anilines is 1. The minimum atomic E-state index is 0.760. The lowest BCUT2D eigenvalue weighted by Gasteiger charge is -2.18. The summed E-state index contributed by atoms with van der Waals surface area (Å²) in [5, 5.41) is 4.15. The molecule has 0 aliphatic carbocycles. The second-order valence-corrected chi connectivity index (χ2v) is 5.46. The van der Waals surface area contributed by atoms with Crippen LogP contribution in [0.1, 0.15) is 5.56 Å². The van der Waals surface area contributed by atoms with E-state index >= 15 is 0 Å². The molecule has 0 atom stereocenters. The van der Waals surface area contributed by atoms with Gasteiger partial charge in [-0.05, 0) is 49.0 Å². The van der Waals surface area contributed by atoms with E-state index in [9.17, 15) is 0 Å². The van der Waals surface area contributed by atoms with Gasteiger partial charge in [0.05, 0.1) is 7.11 Å². The molecule has 0 saturated heterocycles. The summed E-state index contributed by atoms with van der Waals surface area (Å²) in [6.45, 7) is 2.75. The van der Waals surface area contributed by atoms with E-state index in [0.717, 1.165) is 36.1 Å². The first-order valence-corrected chi connectivity index (χ1v) is 7.36. The van der Waals surface area contributed by atoms with E-state index in [0.29, 0.717) is 0 Å². The average molecular weight is 305 g/mol. The van der Waals surface area contributed by atoms with Gasteiger partial charge in [0.25, 0.3) is 0 Å². The van der Waals surface area contributed by atoms with Crippen molar-refractivity contribution < 1.29 is 4.74 Å². The van der Waals surface area contributed by atoms with Gasteiger partial charge in [0.1, 0.15) is 5.75 Å². The molecule has 3 nitrogen and oxygen atoms in total. The normalized spacial score (nSPS) is 10.7. The molecule has 0 aromatic heterocycles. The molecule has 0 bridgehead atoms. The SMILES string of the molecule is COc1cccc(CN(C)CCNc2ccc(Cl)cc2)c1. The number of halogens is 1. The van der Waals surface area contributed by atoms with Gasteiger partial charge in [-0.3, -0.25) is 0 Å². The van der Waals surface area contributed by atoms with Crippen molar-refractivity contribution in [2.45, 2.75) is 6.54 Å². The smallest absolute Gasteiger partial charge is 0.119 e. The van der Waals surface area contributed by atoms with Gasteiger partial charge in [-0.2, -0.15) is 0 Å². The highest BCUT2D eigenvalue weighted by molar-refractivity contribution is 6.30. The van der Waals surface area contributed by atoms with Crippen LogP contribution >= 0.6 is 11.6 Å². The largest absolute Gasteiger partial charge is 0.497 e. The van der Waals surface area contributed by atoms with Gasteiger partial charge in [0.2, 0.25) is 0 Å². The molecule has 4 heteroatoms. The molecule has 0 aliphatic heterocycles. The van der Waals surface area contributed by atoms with Crippen molar-refractivity contribution in [1.82, 2.24) is 4.90 Å². The van der Waals surface area contributed by atoms with Crippen LogP contribution in [0.5, 0.6) is 5.75 Å². The maximum atomic E-state index is 5.86. The monoisotopic (exact) mass is 304 g/mol. The summed E-state index contributed by atoms with van der Waals surface area (Å²) in [5.41, 5.74) is 2.34. The second kappa shape index (κ2) is 7.91. The van der Waals surface area contributed by atoms with Crippen LogP contribution in [0, 0.1) is 0 Å². The first-order valence-electron chi connectivity index (χ1n) is 6.98. The number of ether oxygens (including phenoxy) is 1. The fourth-order valence-electron chi connectivity index (χ4n) is 2.12. The second-order valence-electron chi connectivity index (χ2n) is 5.02. The van der Waals surface area contributed by atoms with Crippen LogP contribution < -0.4 is 10.1 Å². The summed E-state index contributed by atoms with van der Waals surface area (Å²) < 4.78 is 5.24. The third kappa shape index (κ3) is 5.29. The Bertz CT molecular complexity index is 557. The van der Waals surface area contributed by atoms with Gasteiger partial charge in [0.15, 0.2) is 0 Å². The summed E-state index contributed by atoms with van der Waals surface area (Å²) in [6.07, 6.45) is 0. The van der Waals surface area contributed by atoms with Crippen LogP contribution in [0.25, 0.3) is 0 Å². The molecule has 0 heterocycles. The van der Waals surface area contributed by atoms with Crippen LogP contribution in [-0.2, 0) is 6.54 Å². The van der Waals surface area contributed by atoms with Crippen LogP contribution in [0.15, 0.2) is 48.5 Å². The number of likely N-dealkylation sites (N-methyl/N-ethyl adjacent to an activating group) is 1. The van der Waals surface area contributed by atoms with E-state index in [1.165, 1.54) is 5.56 Å². The molecule has 112 valence electrons. The van der Waals surface area contributed by atoms with Crippen LogP contribution in [0.2, 0.25) is 5.02 Å². The van der Waals surface area contributed by atoms with E-state index in [1.54, 1.807) is 7.11 Å². The Morgan fingerprint density at radius 3 is 2.62 bits per heavy atom. The predicted molar refractivity (Wildman–Crippen MR) is 89.3 cm³/mol. The molecule has 0 saturated carbocycles. The van der Waals surface area contributed by atoms with Crippen molar-refractivity contribution in [3.63, 3.8) is 0 Å². The third-order valence-electron chi connectivity index (χ3n) is 3.25. The minimum absolute atomic E-state index is 0.760. The molecular formula is C17H21ClN2O. The first kappa shape index (κ1) is 15.7. The maximum absolute atomic E-state index is 5.86. The van der Waals surface area contributed by atoms with Gasteiger partial charge >= 0.3 is 0 Å². The minimum Gasteiger partial charge on any atom is -0.497 e. The van der Waals surface area contributed by atoms with Crippen molar-refractivity contribution in [3.05, 3.63) is 59.1 Å². The Hall–Kier alpha value is -1.71. The van der Waals surface area contributed by atoms with E-state index in [-0.39, 0.29) is 0 Å². The summed E-state index contributed by atoms with van der Waals surface area (Å²) in [4.78, 5) is 2.28. The molecule has 0 amide bonds. The summed E-state index contributed by atoms with van der Waals surface area (Å²) >= 11 is 5.86. The Morgan fingerprint density at radius 1 is 1.14 bits per heavy atom. The zero-order valence-electron chi connectivity index (χ0n) is 12.5. The van der Waals surface area contributed by atoms with E-state index in [1.807, 2.05) is 36.4 Å². The van der Waals surface area contributed by atoms with Crippen molar-refractivity contribution in [2.24, 2.45) is 0 Å². The third-order valence-corrected chi connectivity index (χ3v) is 3.51. The van der Waals surface area contributed by atoms with Gasteiger partial charge in [-0.25, -0.2) is 0 Å². The lowest BCUT2D eigenvalue weighted by molar-refractivity contribution is 0.338. The topological polar surface area (TPSA) is 24.5 Å². The molecule has 0 fully saturated rings. The zero-order chi connectivity index (χ0) is 15.1. The molecule has 2 aromatic carbocycles. The predicted octanol–water partition coefficient (Wildman–Crippen LogP) is 3.89. The van der Waals surface area contributed by atoms with E-state index in [2.05, 4.69) is 29.4 Å². The Morgan fingerprint density at radius 2 is 1.90 bits per heavy atom. The highest BCUT2D eigenvalue weighted by Crippen LogP contribution is 2.14. The number of hydrogen-bond donors (Lipinski definition) is 1. The van der Waals surface area contributed by atoms with Gasteiger partial charge in [0, 0.05) is 30.3 Å². The molecule has 0 spiro atoms. The lowest BCUT2D eigenvalue weighted by atomic mass is 10.2. The molecule has 2 rings (SSSR count). The quantitative estimate of drug-likeness (QED) is 0.840. The van der Waals surface area contributed by atoms with Crippen molar-refractivity contribution >= 4 is 17.3 Å². The standard InChI is InChI=1S/C17H21ClN2O/c1-20(13-14-4-3-5-17(12-14)21-2)11-10-19-16-8-6-15(18)7-9-16/h3-9,12,19H,10-11,13H2,1-2H3. The number of hydrogen-bond acceptors (Lipinski definition) is 3. The molecular weight excluding hydrogens is 284 g/mol. The Labute approximate surface area is 131 Å². The van der Waals surface area contributed by atoms with Crippen LogP contribution in [-0.4, -0.2) is 32.1 Å². The highest BCUT2D eigenvalue weighted by Gasteiger charge is 2.01. The zero-order valence-corrected chi connectivity index (χ0v) is 13.2. The maximum Gasteiger partial charge on any atom is 0.119 e. The number of nitrogens with zero attached hydrogens (tertiary/aromatic N) is 1. The molecule has 0 aliphatic rings. The van der Waals surface area contributed by atoms with Crippen LogP contribution in [0.3, 0.4) is 0 Å². The number of benzene rings is 2. The van der Waals surface area contributed by atoms with Crippen molar-refractivity contribution in [2.75, 3.05) is 32.6 Å². The van der Waals surface area contributed by atoms with E-state index < -0.39 is 0 Å². The fraction of sp³-hybridized carbons (Fsp3) is 0.294. The summed E-state index contributed by atoms with van der Waals surface area (Å²) in [7, 11) is 3.81. The molecule has 0 radical (unpaired) electrons.